The Morgan fingerprint density at radius 3 is 0.591 bits per heavy atom. The van der Waals surface area contributed by atoms with Crippen LogP contribution in [0.3, 0.4) is 0 Å². The van der Waals surface area contributed by atoms with Crippen molar-refractivity contribution in [3.05, 3.63) is 23.1 Å². The fourth-order valence-corrected chi connectivity index (χ4v) is 19.9. The van der Waals surface area contributed by atoms with Crippen molar-refractivity contribution < 1.29 is 0 Å². The van der Waals surface area contributed by atoms with Crippen molar-refractivity contribution in [3.8, 4) is 0 Å². The van der Waals surface area contributed by atoms with Crippen molar-refractivity contribution in [3.63, 3.8) is 0 Å². The predicted molar refractivity (Wildman–Crippen MR) is 110 cm³/mol. The molecule has 0 amide bonds. The van der Waals surface area contributed by atoms with Crippen LogP contribution in [0.25, 0.3) is 9.91 Å². The Morgan fingerprint density at radius 2 is 0.591 bits per heavy atom. The quantitative estimate of drug-likeness (QED) is 0.363. The highest BCUT2D eigenvalue weighted by molar-refractivity contribution is 6.90. The highest BCUT2D eigenvalue weighted by Crippen LogP contribution is 2.20. The second kappa shape index (κ2) is 7.82. The van der Waals surface area contributed by atoms with Gasteiger partial charge in [0.25, 0.3) is 0 Å². The molecule has 0 saturated carbocycles. The summed E-state index contributed by atoms with van der Waals surface area (Å²) in [6.07, 6.45) is 0. The van der Waals surface area contributed by atoms with E-state index in [9.17, 15) is 0 Å². The average Bonchev–Trinajstić information content (AvgIpc) is 2.09. The summed E-state index contributed by atoms with van der Waals surface area (Å²) in [5, 5.41) is 0. The van der Waals surface area contributed by atoms with Crippen molar-refractivity contribution in [2.75, 3.05) is 0 Å². The van der Waals surface area contributed by atoms with Gasteiger partial charge in [0, 0.05) is 0 Å². The summed E-state index contributed by atoms with van der Waals surface area (Å²) in [5.41, 5.74) is 0. The molecule has 0 N–H and O–H groups in total. The van der Waals surface area contributed by atoms with Crippen LogP contribution in [0.2, 0.25) is 78.6 Å². The van der Waals surface area contributed by atoms with E-state index in [1.165, 1.54) is 0 Å². The molecule has 0 unspecified atom stereocenters. The molecule has 0 aromatic heterocycles. The van der Waals surface area contributed by atoms with Crippen LogP contribution in [0.1, 0.15) is 0 Å². The van der Waals surface area contributed by atoms with Gasteiger partial charge < -0.3 is 0 Å². The minimum atomic E-state index is -1.38. The molecule has 4 nitrogen and oxygen atoms in total. The average molecular weight is 373 g/mol. The van der Waals surface area contributed by atoms with Gasteiger partial charge in [-0.05, 0) is 78.6 Å². The van der Waals surface area contributed by atoms with Gasteiger partial charge in [-0.3, -0.25) is 0 Å². The van der Waals surface area contributed by atoms with Crippen molar-refractivity contribution >= 4 is 32.9 Å². The SMILES string of the molecule is [C-]#[N+]N([Si](C)(C)C)[Si](C)(C)C.[C-]#[N+]N([Si](C)(C)C)[Si](C)(C)C. The van der Waals surface area contributed by atoms with E-state index in [1.54, 1.807) is 0 Å². The van der Waals surface area contributed by atoms with Gasteiger partial charge in [-0.2, -0.15) is 31.7 Å². The first-order chi connectivity index (χ1) is 9.39. The predicted octanol–water partition coefficient (Wildman–Crippen LogP) is 5.58. The lowest BCUT2D eigenvalue weighted by Gasteiger charge is -2.32. The molecule has 0 radical (unpaired) electrons. The first kappa shape index (κ1) is 23.7. The zero-order valence-corrected chi connectivity index (χ0v) is 20.8. The Morgan fingerprint density at radius 1 is 0.455 bits per heavy atom. The van der Waals surface area contributed by atoms with Crippen molar-refractivity contribution in [2.24, 2.45) is 0 Å². The molecule has 0 heterocycles. The molecular weight excluding hydrogens is 337 g/mol. The largest absolute Gasteiger partial charge is 0.222 e. The molecule has 128 valence electrons. The number of hydrogen-bond donors (Lipinski definition) is 0. The van der Waals surface area contributed by atoms with Gasteiger partial charge in [0.2, 0.25) is 32.9 Å². The standard InChI is InChI=1S/2C7H18N2Si2/c2*1-8-9(10(2,3)4)11(5,6)7/h2*2-7H3. The van der Waals surface area contributed by atoms with E-state index in [0.29, 0.717) is 0 Å². The summed E-state index contributed by atoms with van der Waals surface area (Å²) in [4.78, 5) is 7.27. The normalized spacial score (nSPS) is 12.5. The third kappa shape index (κ3) is 8.78. The summed E-state index contributed by atoms with van der Waals surface area (Å²) < 4.78 is 4.14. The van der Waals surface area contributed by atoms with Crippen LogP contribution in [0.5, 0.6) is 0 Å². The molecule has 0 fully saturated rings. The minimum Gasteiger partial charge on any atom is -0.187 e. The van der Waals surface area contributed by atoms with Gasteiger partial charge in [-0.15, -0.1) is 0 Å². The van der Waals surface area contributed by atoms with Crippen LogP contribution in [-0.2, 0) is 0 Å². The van der Waals surface area contributed by atoms with Gasteiger partial charge in [0.1, 0.15) is 0 Å². The van der Waals surface area contributed by atoms with E-state index in [2.05, 4.69) is 97.2 Å². The van der Waals surface area contributed by atoms with Gasteiger partial charge in [0.15, 0.2) is 0 Å². The van der Waals surface area contributed by atoms with Crippen LogP contribution in [-0.4, -0.2) is 41.6 Å². The Balaban J connectivity index is 0. The molecule has 0 spiro atoms. The van der Waals surface area contributed by atoms with Crippen LogP contribution in [0.15, 0.2) is 0 Å². The lowest BCUT2D eigenvalue weighted by Crippen LogP contribution is -2.54. The number of hydrogen-bond acceptors (Lipinski definition) is 2. The number of nitrogens with zero attached hydrogens (tertiary/aromatic N) is 4. The lowest BCUT2D eigenvalue weighted by atomic mass is 11.8. The van der Waals surface area contributed by atoms with Crippen LogP contribution in [0, 0.1) is 13.1 Å². The van der Waals surface area contributed by atoms with Crippen molar-refractivity contribution in [2.45, 2.75) is 78.6 Å². The summed E-state index contributed by atoms with van der Waals surface area (Å²) in [6.45, 7) is 40.9. The second-order valence-electron chi connectivity index (χ2n) is 9.51. The Hall–Kier alpha value is -0.552. The first-order valence-electron chi connectivity index (χ1n) is 7.74. The highest BCUT2D eigenvalue weighted by atomic mass is 28.4. The van der Waals surface area contributed by atoms with Crippen LogP contribution >= 0.6 is 0 Å². The molecule has 0 bridgehead atoms. The molecule has 0 aliphatic carbocycles. The molecule has 22 heavy (non-hydrogen) atoms. The van der Waals surface area contributed by atoms with Crippen LogP contribution in [0.4, 0.5) is 0 Å². The molecular formula is C14H36N4Si4. The lowest BCUT2D eigenvalue weighted by molar-refractivity contribution is 0.822. The van der Waals surface area contributed by atoms with Gasteiger partial charge in [-0.1, -0.05) is 0 Å². The smallest absolute Gasteiger partial charge is 0.187 e. The summed E-state index contributed by atoms with van der Waals surface area (Å²) >= 11 is 0. The highest BCUT2D eigenvalue weighted by Gasteiger charge is 2.40. The minimum absolute atomic E-state index is 1.38. The maximum atomic E-state index is 7.09. The Kier molecular flexibility index (Phi) is 8.43. The van der Waals surface area contributed by atoms with Gasteiger partial charge in [-0.25, -0.2) is 0 Å². The Labute approximate surface area is 143 Å². The third-order valence-electron chi connectivity index (χ3n) is 2.74. The van der Waals surface area contributed by atoms with Crippen molar-refractivity contribution in [1.29, 1.82) is 0 Å². The van der Waals surface area contributed by atoms with Gasteiger partial charge in [0.05, 0.1) is 0 Å². The van der Waals surface area contributed by atoms with Gasteiger partial charge >= 0.3 is 0 Å². The maximum Gasteiger partial charge on any atom is 0.222 e. The molecule has 0 aliphatic heterocycles. The maximum absolute atomic E-state index is 7.09. The fourth-order valence-electron chi connectivity index (χ4n) is 2.61. The van der Waals surface area contributed by atoms with Crippen molar-refractivity contribution in [1.82, 2.24) is 8.68 Å². The summed E-state index contributed by atoms with van der Waals surface area (Å²) in [7, 11) is -5.52. The molecule has 0 aromatic carbocycles. The molecule has 0 rings (SSSR count). The number of rotatable bonds is 4. The monoisotopic (exact) mass is 372 g/mol. The zero-order chi connectivity index (χ0) is 18.6. The van der Waals surface area contributed by atoms with Crippen LogP contribution < -0.4 is 0 Å². The first-order valence-corrected chi connectivity index (χ1v) is 21.5. The molecule has 0 atom stereocenters. The summed E-state index contributed by atoms with van der Waals surface area (Å²) in [6, 6.07) is 0. The van der Waals surface area contributed by atoms with E-state index in [-0.39, 0.29) is 0 Å². The fraction of sp³-hybridized carbons (Fsp3) is 0.857. The second-order valence-corrected chi connectivity index (χ2v) is 29.5. The Bertz CT molecular complexity index is 355. The summed E-state index contributed by atoms with van der Waals surface area (Å²) in [5.74, 6) is 0. The van der Waals surface area contributed by atoms with E-state index >= 15 is 0 Å². The third-order valence-corrected chi connectivity index (χ3v) is 16.3. The van der Waals surface area contributed by atoms with E-state index in [1.807, 2.05) is 0 Å². The molecule has 0 aromatic rings. The van der Waals surface area contributed by atoms with E-state index < -0.39 is 32.9 Å². The molecule has 0 aliphatic rings. The van der Waals surface area contributed by atoms with E-state index in [0.717, 1.165) is 0 Å². The zero-order valence-electron chi connectivity index (χ0n) is 16.8. The van der Waals surface area contributed by atoms with E-state index in [4.69, 9.17) is 13.1 Å². The molecule has 0 saturated heterocycles. The topological polar surface area (TPSA) is 15.2 Å². The molecule has 8 heteroatoms.